The van der Waals surface area contributed by atoms with Crippen LogP contribution in [0.4, 0.5) is 0 Å². The first-order valence-electron chi connectivity index (χ1n) is 5.51. The Hall–Kier alpha value is -1.76. The molecule has 1 aromatic rings. The van der Waals surface area contributed by atoms with E-state index in [-0.39, 0.29) is 24.2 Å². The lowest BCUT2D eigenvalue weighted by atomic mass is 9.98. The van der Waals surface area contributed by atoms with Crippen molar-refractivity contribution in [3.63, 3.8) is 0 Å². The van der Waals surface area contributed by atoms with Crippen LogP contribution >= 0.6 is 0 Å². The molecule has 96 valence electrons. The third-order valence-corrected chi connectivity index (χ3v) is 2.89. The van der Waals surface area contributed by atoms with Crippen molar-refractivity contribution < 1.29 is 24.9 Å². The van der Waals surface area contributed by atoms with Crippen LogP contribution in [0, 0.1) is 0 Å². The second-order valence-corrected chi connectivity index (χ2v) is 4.11. The average molecular weight is 251 g/mol. The number of hydrogen-bond donors (Lipinski definition) is 4. The van der Waals surface area contributed by atoms with Crippen LogP contribution < -0.4 is 5.32 Å². The van der Waals surface area contributed by atoms with Gasteiger partial charge in [0.15, 0.2) is 0 Å². The van der Waals surface area contributed by atoms with Crippen LogP contribution in [0.1, 0.15) is 38.8 Å². The Kier molecular flexibility index (Phi) is 3.42. The first kappa shape index (κ1) is 12.7. The van der Waals surface area contributed by atoms with Gasteiger partial charge in [-0.15, -0.1) is 0 Å². The lowest BCUT2D eigenvalue weighted by molar-refractivity contribution is 0.00418. The zero-order valence-corrected chi connectivity index (χ0v) is 9.46. The number of nitrogens with one attached hydrogen (secondary N) is 1. The molecule has 2 atom stereocenters. The normalized spacial score (nSPS) is 17.3. The minimum Gasteiger partial charge on any atom is -0.396 e. The fourth-order valence-corrected chi connectivity index (χ4v) is 1.88. The fraction of sp³-hybridized carbons (Fsp3) is 0.333. The van der Waals surface area contributed by atoms with Crippen molar-refractivity contribution in [1.82, 2.24) is 5.32 Å². The standard InChI is InChI=1S/C12H13NO5/c14-4-3-9(15)10(16)6-1-2-7-8(5-6)12(18)13-11(7)17/h1-2,5,9-10,14-16H,3-4H2,(H,13,17,18). The van der Waals surface area contributed by atoms with Crippen molar-refractivity contribution >= 4 is 11.8 Å². The molecule has 6 heteroatoms. The molecule has 0 aromatic heterocycles. The topological polar surface area (TPSA) is 107 Å². The molecule has 0 radical (unpaired) electrons. The van der Waals surface area contributed by atoms with Gasteiger partial charge in [-0.05, 0) is 24.1 Å². The number of aliphatic hydroxyl groups excluding tert-OH is 3. The van der Waals surface area contributed by atoms with Crippen molar-refractivity contribution in [1.29, 1.82) is 0 Å². The Morgan fingerprint density at radius 2 is 1.78 bits per heavy atom. The maximum absolute atomic E-state index is 11.4. The van der Waals surface area contributed by atoms with E-state index in [0.717, 1.165) is 0 Å². The number of aliphatic hydroxyl groups is 3. The quantitative estimate of drug-likeness (QED) is 0.532. The summed E-state index contributed by atoms with van der Waals surface area (Å²) in [7, 11) is 0. The number of amides is 2. The van der Waals surface area contributed by atoms with Gasteiger partial charge in [-0.2, -0.15) is 0 Å². The van der Waals surface area contributed by atoms with Gasteiger partial charge in [0.25, 0.3) is 11.8 Å². The average Bonchev–Trinajstić information content (AvgIpc) is 2.64. The van der Waals surface area contributed by atoms with E-state index < -0.39 is 24.0 Å². The van der Waals surface area contributed by atoms with Crippen molar-refractivity contribution in [3.05, 3.63) is 34.9 Å². The molecule has 1 aliphatic heterocycles. The SMILES string of the molecule is O=C1NC(=O)c2cc(C(O)C(O)CCO)ccc21. The van der Waals surface area contributed by atoms with Gasteiger partial charge >= 0.3 is 0 Å². The molecule has 1 heterocycles. The van der Waals surface area contributed by atoms with Crippen molar-refractivity contribution in [2.75, 3.05) is 6.61 Å². The summed E-state index contributed by atoms with van der Waals surface area (Å²) in [6.45, 7) is -0.248. The molecule has 0 aliphatic carbocycles. The molecule has 2 rings (SSSR count). The van der Waals surface area contributed by atoms with E-state index in [1.807, 2.05) is 0 Å². The Balaban J connectivity index is 2.29. The van der Waals surface area contributed by atoms with E-state index in [4.69, 9.17) is 5.11 Å². The molecule has 6 nitrogen and oxygen atoms in total. The summed E-state index contributed by atoms with van der Waals surface area (Å²) in [6, 6.07) is 4.28. The van der Waals surface area contributed by atoms with Gasteiger partial charge in [-0.1, -0.05) is 6.07 Å². The molecule has 2 unspecified atom stereocenters. The third-order valence-electron chi connectivity index (χ3n) is 2.89. The van der Waals surface area contributed by atoms with E-state index in [1.54, 1.807) is 0 Å². The first-order valence-corrected chi connectivity index (χ1v) is 5.51. The molecular weight excluding hydrogens is 238 g/mol. The second-order valence-electron chi connectivity index (χ2n) is 4.11. The smallest absolute Gasteiger partial charge is 0.258 e. The van der Waals surface area contributed by atoms with Crippen LogP contribution in [0.3, 0.4) is 0 Å². The highest BCUT2D eigenvalue weighted by atomic mass is 16.3. The van der Waals surface area contributed by atoms with Crippen LogP contribution in [0.2, 0.25) is 0 Å². The van der Waals surface area contributed by atoms with Crippen LogP contribution in [0.25, 0.3) is 0 Å². The fourth-order valence-electron chi connectivity index (χ4n) is 1.88. The number of benzene rings is 1. The van der Waals surface area contributed by atoms with E-state index in [9.17, 15) is 19.8 Å². The molecule has 18 heavy (non-hydrogen) atoms. The van der Waals surface area contributed by atoms with E-state index >= 15 is 0 Å². The summed E-state index contributed by atoms with van der Waals surface area (Å²) in [6.07, 6.45) is -2.29. The van der Waals surface area contributed by atoms with Gasteiger partial charge in [0.2, 0.25) is 0 Å². The van der Waals surface area contributed by atoms with Gasteiger partial charge in [0, 0.05) is 6.61 Å². The molecule has 1 aliphatic rings. The predicted octanol–water partition coefficient (Wildman–Crippen LogP) is -0.653. The van der Waals surface area contributed by atoms with Gasteiger partial charge in [0.05, 0.1) is 17.2 Å². The molecule has 0 spiro atoms. The molecule has 4 N–H and O–H groups in total. The summed E-state index contributed by atoms with van der Waals surface area (Å²) in [5.41, 5.74) is 0.778. The number of imide groups is 1. The van der Waals surface area contributed by atoms with Gasteiger partial charge < -0.3 is 15.3 Å². The highest BCUT2D eigenvalue weighted by molar-refractivity contribution is 6.21. The lowest BCUT2D eigenvalue weighted by Crippen LogP contribution is -2.20. The molecule has 0 saturated carbocycles. The van der Waals surface area contributed by atoms with Crippen molar-refractivity contribution in [2.45, 2.75) is 18.6 Å². The Bertz CT molecular complexity index is 499. The highest BCUT2D eigenvalue weighted by Crippen LogP contribution is 2.24. The second kappa shape index (κ2) is 4.85. The number of hydrogen-bond acceptors (Lipinski definition) is 5. The van der Waals surface area contributed by atoms with Gasteiger partial charge in [-0.3, -0.25) is 14.9 Å². The maximum atomic E-state index is 11.4. The third kappa shape index (κ3) is 2.13. The minimum atomic E-state index is -1.20. The van der Waals surface area contributed by atoms with E-state index in [2.05, 4.69) is 5.32 Å². The van der Waals surface area contributed by atoms with Gasteiger partial charge in [0.1, 0.15) is 6.10 Å². The molecule has 2 amide bonds. The zero-order chi connectivity index (χ0) is 13.3. The Labute approximate surface area is 103 Å². The maximum Gasteiger partial charge on any atom is 0.258 e. The zero-order valence-electron chi connectivity index (χ0n) is 9.46. The van der Waals surface area contributed by atoms with E-state index in [0.29, 0.717) is 5.56 Å². The summed E-state index contributed by atoms with van der Waals surface area (Å²) in [5.74, 6) is -0.979. The molecular formula is C12H13NO5. The Morgan fingerprint density at radius 3 is 2.44 bits per heavy atom. The molecule has 0 fully saturated rings. The number of rotatable bonds is 4. The summed E-state index contributed by atoms with van der Waals surface area (Å²) in [5, 5.41) is 30.2. The first-order chi connectivity index (χ1) is 8.54. The van der Waals surface area contributed by atoms with Crippen LogP contribution in [-0.2, 0) is 0 Å². The van der Waals surface area contributed by atoms with Gasteiger partial charge in [-0.25, -0.2) is 0 Å². The number of carbonyl (C=O) groups is 2. The summed E-state index contributed by atoms with van der Waals surface area (Å²) < 4.78 is 0. The highest BCUT2D eigenvalue weighted by Gasteiger charge is 2.28. The molecule has 1 aromatic carbocycles. The van der Waals surface area contributed by atoms with E-state index in [1.165, 1.54) is 18.2 Å². The molecule has 0 saturated heterocycles. The summed E-state index contributed by atoms with van der Waals surface area (Å²) >= 11 is 0. The van der Waals surface area contributed by atoms with Crippen LogP contribution in [0.15, 0.2) is 18.2 Å². The number of fused-ring (bicyclic) bond motifs is 1. The lowest BCUT2D eigenvalue weighted by Gasteiger charge is -2.17. The molecule has 0 bridgehead atoms. The number of carbonyl (C=O) groups excluding carboxylic acids is 2. The van der Waals surface area contributed by atoms with Crippen LogP contribution in [-0.4, -0.2) is 39.8 Å². The monoisotopic (exact) mass is 251 g/mol. The van der Waals surface area contributed by atoms with Crippen LogP contribution in [0.5, 0.6) is 0 Å². The predicted molar refractivity (Wildman–Crippen MR) is 60.9 cm³/mol. The van der Waals surface area contributed by atoms with Crippen molar-refractivity contribution in [2.24, 2.45) is 0 Å². The minimum absolute atomic E-state index is 0.0311. The Morgan fingerprint density at radius 1 is 1.11 bits per heavy atom. The van der Waals surface area contributed by atoms with Crippen molar-refractivity contribution in [3.8, 4) is 0 Å². The largest absolute Gasteiger partial charge is 0.396 e. The summed E-state index contributed by atoms with van der Waals surface area (Å²) in [4.78, 5) is 22.7.